The zero-order valence-electron chi connectivity index (χ0n) is 11.6. The lowest BCUT2D eigenvalue weighted by Gasteiger charge is -2.26. The summed E-state index contributed by atoms with van der Waals surface area (Å²) in [6.45, 7) is 4.87. The Balaban J connectivity index is 2.01. The number of nitrogens with zero attached hydrogens (tertiary/aromatic N) is 2. The molecule has 0 saturated heterocycles. The lowest BCUT2D eigenvalue weighted by atomic mass is 9.82. The van der Waals surface area contributed by atoms with Crippen molar-refractivity contribution in [2.24, 2.45) is 11.8 Å². The van der Waals surface area contributed by atoms with E-state index in [0.29, 0.717) is 11.7 Å². The Kier molecular flexibility index (Phi) is 4.35. The van der Waals surface area contributed by atoms with E-state index in [1.54, 1.807) is 12.3 Å². The van der Waals surface area contributed by atoms with Crippen LogP contribution < -0.4 is 5.32 Å². The van der Waals surface area contributed by atoms with Gasteiger partial charge < -0.3 is 5.32 Å². The molecule has 5 nitrogen and oxygen atoms in total. The molecular formula is C14H21N3O2. The van der Waals surface area contributed by atoms with Crippen molar-refractivity contribution in [3.8, 4) is 0 Å². The van der Waals surface area contributed by atoms with E-state index in [2.05, 4.69) is 17.2 Å². The highest BCUT2D eigenvalue weighted by Crippen LogP contribution is 2.29. The molecule has 0 amide bonds. The van der Waals surface area contributed by atoms with Gasteiger partial charge in [0, 0.05) is 18.8 Å². The Hall–Kier alpha value is -1.65. The van der Waals surface area contributed by atoms with E-state index in [-0.39, 0.29) is 10.6 Å². The molecular weight excluding hydrogens is 242 g/mol. The van der Waals surface area contributed by atoms with Crippen molar-refractivity contribution in [3.05, 3.63) is 27.9 Å². The summed E-state index contributed by atoms with van der Waals surface area (Å²) in [6, 6.07) is 1.57. The zero-order valence-corrected chi connectivity index (χ0v) is 11.6. The highest BCUT2D eigenvalue weighted by molar-refractivity contribution is 5.56. The maximum Gasteiger partial charge on any atom is 0.311 e. The van der Waals surface area contributed by atoms with E-state index in [0.717, 1.165) is 18.0 Å². The highest BCUT2D eigenvalue weighted by Gasteiger charge is 2.21. The summed E-state index contributed by atoms with van der Waals surface area (Å²) in [7, 11) is 0. The topological polar surface area (TPSA) is 68.1 Å². The van der Waals surface area contributed by atoms with Gasteiger partial charge in [0.05, 0.1) is 4.92 Å². The lowest BCUT2D eigenvalue weighted by molar-refractivity contribution is -0.384. The van der Waals surface area contributed by atoms with Crippen LogP contribution in [0.25, 0.3) is 0 Å². The van der Waals surface area contributed by atoms with Gasteiger partial charge in [-0.2, -0.15) is 0 Å². The largest absolute Gasteiger partial charge is 0.364 e. The van der Waals surface area contributed by atoms with Crippen LogP contribution in [0, 0.1) is 28.9 Å². The molecule has 1 N–H and O–H groups in total. The summed E-state index contributed by atoms with van der Waals surface area (Å²) in [4.78, 5) is 14.8. The molecule has 1 heterocycles. The minimum absolute atomic E-state index is 0.0730. The maximum atomic E-state index is 11.0. The van der Waals surface area contributed by atoms with Gasteiger partial charge in [0.2, 0.25) is 5.82 Å². The fraction of sp³-hybridized carbons (Fsp3) is 0.643. The second-order valence-corrected chi connectivity index (χ2v) is 5.66. The van der Waals surface area contributed by atoms with Gasteiger partial charge in [-0.05, 0) is 37.2 Å². The molecule has 2 rings (SSSR count). The van der Waals surface area contributed by atoms with Gasteiger partial charge in [-0.15, -0.1) is 0 Å². The van der Waals surface area contributed by atoms with Crippen molar-refractivity contribution in [3.63, 3.8) is 0 Å². The van der Waals surface area contributed by atoms with Crippen molar-refractivity contribution < 1.29 is 4.92 Å². The van der Waals surface area contributed by atoms with Gasteiger partial charge in [-0.3, -0.25) is 10.1 Å². The highest BCUT2D eigenvalue weighted by atomic mass is 16.6. The Labute approximate surface area is 113 Å². The third kappa shape index (κ3) is 3.66. The molecule has 0 aromatic carbocycles. The first kappa shape index (κ1) is 13.8. The second-order valence-electron chi connectivity index (χ2n) is 5.66. The smallest absolute Gasteiger partial charge is 0.311 e. The van der Waals surface area contributed by atoms with Gasteiger partial charge >= 0.3 is 5.69 Å². The summed E-state index contributed by atoms with van der Waals surface area (Å²) < 4.78 is 0. The fourth-order valence-corrected chi connectivity index (χ4v) is 2.82. The summed E-state index contributed by atoms with van der Waals surface area (Å²) in [5.41, 5.74) is 0.882. The molecule has 1 aromatic heterocycles. The first-order valence-electron chi connectivity index (χ1n) is 6.91. The van der Waals surface area contributed by atoms with Crippen molar-refractivity contribution in [1.29, 1.82) is 0 Å². The number of pyridine rings is 1. The molecule has 2 atom stereocenters. The first-order chi connectivity index (χ1) is 9.06. The molecule has 1 saturated carbocycles. The van der Waals surface area contributed by atoms with Crippen LogP contribution in [0.1, 0.15) is 38.2 Å². The van der Waals surface area contributed by atoms with E-state index in [9.17, 15) is 10.1 Å². The Morgan fingerprint density at radius 3 is 3.00 bits per heavy atom. The molecule has 0 bridgehead atoms. The third-order valence-electron chi connectivity index (χ3n) is 3.80. The van der Waals surface area contributed by atoms with Crippen molar-refractivity contribution in [2.75, 3.05) is 11.9 Å². The summed E-state index contributed by atoms with van der Waals surface area (Å²) in [5, 5.41) is 14.2. The van der Waals surface area contributed by atoms with Gasteiger partial charge in [0.25, 0.3) is 0 Å². The number of hydrogen-bond donors (Lipinski definition) is 1. The molecule has 1 fully saturated rings. The number of nitrogens with one attached hydrogen (secondary N) is 1. The van der Waals surface area contributed by atoms with Gasteiger partial charge in [-0.1, -0.05) is 19.8 Å². The predicted octanol–water partition coefficient (Wildman–Crippen LogP) is 3.54. The molecule has 1 aromatic rings. The number of aryl methyl sites for hydroxylation is 1. The van der Waals surface area contributed by atoms with E-state index < -0.39 is 0 Å². The zero-order chi connectivity index (χ0) is 13.8. The van der Waals surface area contributed by atoms with Crippen LogP contribution in [0.3, 0.4) is 0 Å². The van der Waals surface area contributed by atoms with Crippen molar-refractivity contribution >= 4 is 11.5 Å². The van der Waals surface area contributed by atoms with E-state index >= 15 is 0 Å². The molecule has 5 heteroatoms. The third-order valence-corrected chi connectivity index (χ3v) is 3.80. The number of rotatable bonds is 4. The lowest BCUT2D eigenvalue weighted by Crippen LogP contribution is -2.21. The quantitative estimate of drug-likeness (QED) is 0.666. The molecule has 0 aliphatic heterocycles. The first-order valence-corrected chi connectivity index (χ1v) is 6.91. The average molecular weight is 263 g/mol. The molecule has 1 aliphatic carbocycles. The molecule has 19 heavy (non-hydrogen) atoms. The van der Waals surface area contributed by atoms with E-state index in [1.165, 1.54) is 25.7 Å². The van der Waals surface area contributed by atoms with Crippen LogP contribution in [0.4, 0.5) is 11.5 Å². The molecule has 1 aliphatic rings. The Bertz CT molecular complexity index is 462. The average Bonchev–Trinajstić information content (AvgIpc) is 2.37. The SMILES string of the molecule is Cc1cnc(NCC2CCCC(C)C2)c([N+](=O)[O-])c1. The summed E-state index contributed by atoms with van der Waals surface area (Å²) >= 11 is 0. The normalized spacial score (nSPS) is 23.1. The molecule has 0 spiro atoms. The fourth-order valence-electron chi connectivity index (χ4n) is 2.82. The summed E-state index contributed by atoms with van der Waals surface area (Å²) in [5.74, 6) is 1.77. The van der Waals surface area contributed by atoms with E-state index in [4.69, 9.17) is 0 Å². The van der Waals surface area contributed by atoms with E-state index in [1.807, 2.05) is 6.92 Å². The summed E-state index contributed by atoms with van der Waals surface area (Å²) in [6.07, 6.45) is 6.64. The second kappa shape index (κ2) is 5.99. The minimum atomic E-state index is -0.369. The molecule has 104 valence electrons. The monoisotopic (exact) mass is 263 g/mol. The number of hydrogen-bond acceptors (Lipinski definition) is 4. The predicted molar refractivity (Wildman–Crippen MR) is 75.2 cm³/mol. The Morgan fingerprint density at radius 1 is 1.53 bits per heavy atom. The van der Waals surface area contributed by atoms with Gasteiger partial charge in [0.1, 0.15) is 0 Å². The molecule has 0 radical (unpaired) electrons. The van der Waals surface area contributed by atoms with Crippen molar-refractivity contribution in [2.45, 2.75) is 39.5 Å². The van der Waals surface area contributed by atoms with Gasteiger partial charge in [-0.25, -0.2) is 4.98 Å². The molecule has 2 unspecified atom stereocenters. The van der Waals surface area contributed by atoms with Crippen molar-refractivity contribution in [1.82, 2.24) is 4.98 Å². The standard InChI is InChI=1S/C14H21N3O2/c1-10-4-3-5-12(6-10)9-16-14-13(17(18)19)7-11(2)8-15-14/h7-8,10,12H,3-6,9H2,1-2H3,(H,15,16). The number of anilines is 1. The van der Waals surface area contributed by atoms with Crippen LogP contribution in [0.5, 0.6) is 0 Å². The van der Waals surface area contributed by atoms with Crippen LogP contribution in [-0.4, -0.2) is 16.5 Å². The van der Waals surface area contributed by atoms with Crippen LogP contribution in [0.2, 0.25) is 0 Å². The van der Waals surface area contributed by atoms with Crippen LogP contribution in [-0.2, 0) is 0 Å². The maximum absolute atomic E-state index is 11.0. The number of nitro groups is 1. The van der Waals surface area contributed by atoms with Gasteiger partial charge in [0.15, 0.2) is 0 Å². The number of aromatic nitrogens is 1. The minimum Gasteiger partial charge on any atom is -0.364 e. The van der Waals surface area contributed by atoms with Crippen LogP contribution in [0.15, 0.2) is 12.3 Å². The Morgan fingerprint density at radius 2 is 2.32 bits per heavy atom. The van der Waals surface area contributed by atoms with Crippen LogP contribution >= 0.6 is 0 Å².